The van der Waals surface area contributed by atoms with Gasteiger partial charge in [0.25, 0.3) is 0 Å². The summed E-state index contributed by atoms with van der Waals surface area (Å²) in [5, 5.41) is 6.39. The van der Waals surface area contributed by atoms with Crippen LogP contribution in [-0.2, 0) is 4.79 Å². The van der Waals surface area contributed by atoms with E-state index in [1.165, 1.54) is 19.3 Å². The number of amides is 1. The highest BCUT2D eigenvalue weighted by Crippen LogP contribution is 2.32. The van der Waals surface area contributed by atoms with E-state index < -0.39 is 0 Å². The summed E-state index contributed by atoms with van der Waals surface area (Å²) in [6, 6.07) is 0.212. The molecule has 1 amide bonds. The van der Waals surface area contributed by atoms with Gasteiger partial charge in [-0.15, -0.1) is 11.3 Å². The van der Waals surface area contributed by atoms with Crippen LogP contribution in [0.1, 0.15) is 43.2 Å². The van der Waals surface area contributed by atoms with Crippen LogP contribution in [0.5, 0.6) is 0 Å². The molecule has 2 fully saturated rings. The van der Waals surface area contributed by atoms with Gasteiger partial charge in [0, 0.05) is 18.1 Å². The highest BCUT2D eigenvalue weighted by Gasteiger charge is 2.29. The number of hydrogen-bond donors (Lipinski definition) is 1. The maximum absolute atomic E-state index is 12.3. The largest absolute Gasteiger partial charge is 0.332 e. The lowest BCUT2D eigenvalue weighted by molar-refractivity contribution is -0.134. The maximum atomic E-state index is 12.3. The highest BCUT2D eigenvalue weighted by molar-refractivity contribution is 7.09. The standard InChI is InChI=1S/C14H21N3OS/c18-13(10-15-9-11-4-5-11)17-7-2-1-3-12(17)14-16-6-8-19-14/h6,8,11-12,15H,1-5,7,9-10H2. The van der Waals surface area contributed by atoms with Gasteiger partial charge in [0.15, 0.2) is 0 Å². The first kappa shape index (κ1) is 13.1. The van der Waals surface area contributed by atoms with Crippen molar-refractivity contribution in [3.8, 4) is 0 Å². The third kappa shape index (κ3) is 3.34. The molecule has 1 atom stereocenters. The second-order valence-corrected chi connectivity index (χ2v) is 6.47. The summed E-state index contributed by atoms with van der Waals surface area (Å²) in [7, 11) is 0. The molecule has 2 aliphatic rings. The van der Waals surface area contributed by atoms with Crippen molar-refractivity contribution in [1.82, 2.24) is 15.2 Å². The molecule has 2 heterocycles. The summed E-state index contributed by atoms with van der Waals surface area (Å²) in [4.78, 5) is 18.8. The van der Waals surface area contributed by atoms with Crippen LogP contribution in [0.3, 0.4) is 0 Å². The minimum absolute atomic E-state index is 0.212. The first-order chi connectivity index (χ1) is 9.34. The van der Waals surface area contributed by atoms with E-state index in [0.717, 1.165) is 36.9 Å². The van der Waals surface area contributed by atoms with Gasteiger partial charge in [0.05, 0.1) is 12.6 Å². The molecule has 0 radical (unpaired) electrons. The molecule has 1 aromatic rings. The van der Waals surface area contributed by atoms with Crippen LogP contribution in [0, 0.1) is 5.92 Å². The predicted octanol–water partition coefficient (Wildman–Crippen LogP) is 2.20. The summed E-state index contributed by atoms with van der Waals surface area (Å²) < 4.78 is 0. The summed E-state index contributed by atoms with van der Waals surface area (Å²) in [6.07, 6.45) is 7.86. The Bertz CT molecular complexity index is 416. The van der Waals surface area contributed by atoms with Gasteiger partial charge in [-0.2, -0.15) is 0 Å². The fraction of sp³-hybridized carbons (Fsp3) is 0.714. The molecule has 19 heavy (non-hydrogen) atoms. The number of carbonyl (C=O) groups is 1. The van der Waals surface area contributed by atoms with Gasteiger partial charge < -0.3 is 10.2 Å². The Hall–Kier alpha value is -0.940. The Balaban J connectivity index is 1.57. The van der Waals surface area contributed by atoms with E-state index in [9.17, 15) is 4.79 Å². The first-order valence-electron chi connectivity index (χ1n) is 7.24. The predicted molar refractivity (Wildman–Crippen MR) is 76.0 cm³/mol. The minimum Gasteiger partial charge on any atom is -0.332 e. The van der Waals surface area contributed by atoms with Gasteiger partial charge in [-0.1, -0.05) is 0 Å². The molecule has 0 aromatic carbocycles. The Kier molecular flexibility index (Phi) is 4.13. The molecule has 0 spiro atoms. The van der Waals surface area contributed by atoms with Crippen LogP contribution in [0.25, 0.3) is 0 Å². The topological polar surface area (TPSA) is 45.2 Å². The van der Waals surface area contributed by atoms with Crippen molar-refractivity contribution in [2.24, 2.45) is 5.92 Å². The molecule has 5 heteroatoms. The summed E-state index contributed by atoms with van der Waals surface area (Å²) >= 11 is 1.66. The van der Waals surface area contributed by atoms with E-state index in [-0.39, 0.29) is 11.9 Å². The molecule has 4 nitrogen and oxygen atoms in total. The monoisotopic (exact) mass is 279 g/mol. The summed E-state index contributed by atoms with van der Waals surface area (Å²) in [5.74, 6) is 1.06. The quantitative estimate of drug-likeness (QED) is 0.898. The lowest BCUT2D eigenvalue weighted by atomic mass is 10.0. The molecule has 1 aromatic heterocycles. The van der Waals surface area contributed by atoms with E-state index >= 15 is 0 Å². The molecule has 3 rings (SSSR count). The number of nitrogens with one attached hydrogen (secondary N) is 1. The third-order valence-electron chi connectivity index (χ3n) is 3.97. The zero-order chi connectivity index (χ0) is 13.1. The number of carbonyl (C=O) groups excluding carboxylic acids is 1. The van der Waals surface area contributed by atoms with Crippen LogP contribution in [0.15, 0.2) is 11.6 Å². The average Bonchev–Trinajstić information content (AvgIpc) is 3.10. The second kappa shape index (κ2) is 6.01. The van der Waals surface area contributed by atoms with Crippen LogP contribution < -0.4 is 5.32 Å². The van der Waals surface area contributed by atoms with E-state index in [0.29, 0.717) is 6.54 Å². The zero-order valence-electron chi connectivity index (χ0n) is 11.2. The Morgan fingerprint density at radius 3 is 3.05 bits per heavy atom. The number of thiazole rings is 1. The molecular weight excluding hydrogens is 258 g/mol. The van der Waals surface area contributed by atoms with Crippen molar-refractivity contribution in [3.05, 3.63) is 16.6 Å². The molecule has 104 valence electrons. The molecule has 1 saturated heterocycles. The number of rotatable bonds is 5. The lowest BCUT2D eigenvalue weighted by Gasteiger charge is -2.34. The van der Waals surface area contributed by atoms with E-state index in [1.807, 2.05) is 16.5 Å². The van der Waals surface area contributed by atoms with Crippen molar-refractivity contribution >= 4 is 17.2 Å². The van der Waals surface area contributed by atoms with Gasteiger partial charge in [-0.25, -0.2) is 4.98 Å². The second-order valence-electron chi connectivity index (χ2n) is 5.54. The third-order valence-corrected chi connectivity index (χ3v) is 4.84. The van der Waals surface area contributed by atoms with Crippen molar-refractivity contribution in [3.63, 3.8) is 0 Å². The van der Waals surface area contributed by atoms with Gasteiger partial charge in [-0.3, -0.25) is 4.79 Å². The number of aromatic nitrogens is 1. The summed E-state index contributed by atoms with van der Waals surface area (Å²) in [5.41, 5.74) is 0. The fourth-order valence-corrected chi connectivity index (χ4v) is 3.48. The van der Waals surface area contributed by atoms with E-state index in [1.54, 1.807) is 11.3 Å². The van der Waals surface area contributed by atoms with Crippen molar-refractivity contribution < 1.29 is 4.79 Å². The average molecular weight is 279 g/mol. The van der Waals surface area contributed by atoms with Gasteiger partial charge >= 0.3 is 0 Å². The normalized spacial score (nSPS) is 23.6. The van der Waals surface area contributed by atoms with Crippen molar-refractivity contribution in [1.29, 1.82) is 0 Å². The zero-order valence-corrected chi connectivity index (χ0v) is 12.0. The molecule has 1 unspecified atom stereocenters. The lowest BCUT2D eigenvalue weighted by Crippen LogP contribution is -2.43. The maximum Gasteiger partial charge on any atom is 0.237 e. The number of nitrogens with zero attached hydrogens (tertiary/aromatic N) is 2. The molecule has 0 bridgehead atoms. The molecule has 1 aliphatic heterocycles. The Morgan fingerprint density at radius 2 is 2.32 bits per heavy atom. The van der Waals surface area contributed by atoms with E-state index in [4.69, 9.17) is 0 Å². The Labute approximate surface area is 118 Å². The smallest absolute Gasteiger partial charge is 0.237 e. The van der Waals surface area contributed by atoms with Gasteiger partial charge in [0.2, 0.25) is 5.91 Å². The minimum atomic E-state index is 0.212. The SMILES string of the molecule is O=C(CNCC1CC1)N1CCCCC1c1nccs1. The Morgan fingerprint density at radius 1 is 1.42 bits per heavy atom. The highest BCUT2D eigenvalue weighted by atomic mass is 32.1. The molecular formula is C14H21N3OS. The van der Waals surface area contributed by atoms with Crippen LogP contribution in [0.2, 0.25) is 0 Å². The van der Waals surface area contributed by atoms with Crippen LogP contribution in [0.4, 0.5) is 0 Å². The number of hydrogen-bond acceptors (Lipinski definition) is 4. The van der Waals surface area contributed by atoms with Crippen LogP contribution >= 0.6 is 11.3 Å². The first-order valence-corrected chi connectivity index (χ1v) is 8.12. The van der Waals surface area contributed by atoms with Gasteiger partial charge in [-0.05, 0) is 44.6 Å². The molecule has 1 N–H and O–H groups in total. The number of piperidine rings is 1. The molecule has 1 aliphatic carbocycles. The fourth-order valence-electron chi connectivity index (χ4n) is 2.69. The van der Waals surface area contributed by atoms with Gasteiger partial charge in [0.1, 0.15) is 5.01 Å². The van der Waals surface area contributed by atoms with Crippen molar-refractivity contribution in [2.75, 3.05) is 19.6 Å². The van der Waals surface area contributed by atoms with Crippen molar-refractivity contribution in [2.45, 2.75) is 38.1 Å². The summed E-state index contributed by atoms with van der Waals surface area (Å²) in [6.45, 7) is 2.37. The molecule has 1 saturated carbocycles. The van der Waals surface area contributed by atoms with Crippen LogP contribution in [-0.4, -0.2) is 35.4 Å². The van der Waals surface area contributed by atoms with E-state index in [2.05, 4.69) is 10.3 Å². The number of likely N-dealkylation sites (tertiary alicyclic amines) is 1.